The van der Waals surface area contributed by atoms with Crippen molar-refractivity contribution in [3.63, 3.8) is 0 Å². The standard InChI is InChI=1S/C76H43N5S3/c1-7-25-61-56(22-1)70-64(38-35-53-50-19-4-10-28-67(50)82-73(53)70)79(61)47-33-31-44(32-34-47)59-43-60(45-15-13-17-48(41-45)80-62-26-8-2-23-57(62)71-65(80)39-36-54-51-20-5-11-29-68(51)83-74(54)71)78-76(77-59)46-16-14-18-49(42-46)81-63-27-9-3-24-58(63)72-66(81)40-37-55-52-21-6-12-30-69(52)84-75(55)72/h1-43H. The van der Waals surface area contributed by atoms with Gasteiger partial charge in [-0.15, -0.1) is 34.0 Å². The molecule has 12 aromatic carbocycles. The van der Waals surface area contributed by atoms with Crippen LogP contribution in [0, 0.1) is 0 Å². The Morgan fingerprint density at radius 3 is 1.06 bits per heavy atom. The maximum Gasteiger partial charge on any atom is 0.160 e. The van der Waals surface area contributed by atoms with Crippen LogP contribution >= 0.6 is 34.0 Å². The minimum absolute atomic E-state index is 0.658. The summed E-state index contributed by atoms with van der Waals surface area (Å²) in [5, 5.41) is 15.4. The lowest BCUT2D eigenvalue weighted by atomic mass is 10.1. The summed E-state index contributed by atoms with van der Waals surface area (Å²) in [6, 6.07) is 95.6. The van der Waals surface area contributed by atoms with E-state index in [4.69, 9.17) is 9.97 Å². The van der Waals surface area contributed by atoms with Gasteiger partial charge in [0.15, 0.2) is 5.82 Å². The Morgan fingerprint density at radius 2 is 0.607 bits per heavy atom. The molecule has 0 atom stereocenters. The molecule has 7 heterocycles. The number of rotatable bonds is 6. The quantitative estimate of drug-likeness (QED) is 0.166. The highest BCUT2D eigenvalue weighted by Gasteiger charge is 2.23. The van der Waals surface area contributed by atoms with Crippen molar-refractivity contribution in [3.05, 3.63) is 261 Å². The molecule has 84 heavy (non-hydrogen) atoms. The van der Waals surface area contributed by atoms with E-state index in [0.29, 0.717) is 5.82 Å². The van der Waals surface area contributed by atoms with Gasteiger partial charge in [0.1, 0.15) is 0 Å². The van der Waals surface area contributed by atoms with Crippen molar-refractivity contribution in [2.45, 2.75) is 0 Å². The summed E-state index contributed by atoms with van der Waals surface area (Å²) >= 11 is 5.65. The van der Waals surface area contributed by atoms with Crippen molar-refractivity contribution in [2.75, 3.05) is 0 Å². The fourth-order valence-electron chi connectivity index (χ4n) is 13.8. The fourth-order valence-corrected chi connectivity index (χ4v) is 17.6. The lowest BCUT2D eigenvalue weighted by Crippen LogP contribution is -1.99. The van der Waals surface area contributed by atoms with Crippen LogP contribution in [0.5, 0.6) is 0 Å². The van der Waals surface area contributed by atoms with Crippen LogP contribution in [0.4, 0.5) is 0 Å². The molecule has 0 fully saturated rings. The molecule has 5 nitrogen and oxygen atoms in total. The van der Waals surface area contributed by atoms with Crippen molar-refractivity contribution in [3.8, 4) is 51.0 Å². The minimum Gasteiger partial charge on any atom is -0.309 e. The van der Waals surface area contributed by atoms with Gasteiger partial charge in [0.2, 0.25) is 0 Å². The Hall–Kier alpha value is -10.2. The number of thiophene rings is 3. The fraction of sp³-hybridized carbons (Fsp3) is 0. The van der Waals surface area contributed by atoms with E-state index < -0.39 is 0 Å². The molecule has 0 saturated heterocycles. The van der Waals surface area contributed by atoms with Gasteiger partial charge in [-0.05, 0) is 97.1 Å². The molecule has 0 aliphatic rings. The van der Waals surface area contributed by atoms with Crippen LogP contribution in [0.15, 0.2) is 261 Å². The largest absolute Gasteiger partial charge is 0.309 e. The van der Waals surface area contributed by atoms with Gasteiger partial charge in [-0.25, -0.2) is 9.97 Å². The molecule has 0 amide bonds. The molecule has 0 radical (unpaired) electrons. The summed E-state index contributed by atoms with van der Waals surface area (Å²) < 4.78 is 15.2. The molecule has 0 saturated carbocycles. The average Bonchev–Trinajstić information content (AvgIpc) is 2.04. The maximum absolute atomic E-state index is 5.56. The monoisotopic (exact) mass is 1120 g/mol. The average molecular weight is 1120 g/mol. The van der Waals surface area contributed by atoms with Crippen LogP contribution in [0.2, 0.25) is 0 Å². The van der Waals surface area contributed by atoms with Crippen LogP contribution < -0.4 is 0 Å². The van der Waals surface area contributed by atoms with Crippen LogP contribution in [0.25, 0.3) is 177 Å². The van der Waals surface area contributed by atoms with Gasteiger partial charge in [-0.2, -0.15) is 0 Å². The van der Waals surface area contributed by atoms with Gasteiger partial charge in [-0.3, -0.25) is 0 Å². The van der Waals surface area contributed by atoms with Gasteiger partial charge in [0.25, 0.3) is 0 Å². The first kappa shape index (κ1) is 46.4. The lowest BCUT2D eigenvalue weighted by molar-refractivity contribution is 1.15. The Morgan fingerprint density at radius 1 is 0.238 bits per heavy atom. The van der Waals surface area contributed by atoms with Crippen molar-refractivity contribution < 1.29 is 0 Å². The van der Waals surface area contributed by atoms with E-state index in [9.17, 15) is 0 Å². The van der Waals surface area contributed by atoms with E-state index in [1.165, 1.54) is 120 Å². The number of benzene rings is 12. The van der Waals surface area contributed by atoms with Gasteiger partial charge >= 0.3 is 0 Å². The van der Waals surface area contributed by atoms with Crippen molar-refractivity contribution in [1.29, 1.82) is 0 Å². The molecule has 0 aliphatic heterocycles. The summed E-state index contributed by atoms with van der Waals surface area (Å²) in [4.78, 5) is 11.1. The highest BCUT2D eigenvalue weighted by atomic mass is 32.1. The third-order valence-corrected chi connectivity index (χ3v) is 21.1. The Bertz CT molecular complexity index is 5750. The zero-order valence-electron chi connectivity index (χ0n) is 44.8. The Kier molecular flexibility index (Phi) is 9.75. The zero-order chi connectivity index (χ0) is 54.7. The molecule has 19 rings (SSSR count). The first-order chi connectivity index (χ1) is 41.6. The second-order valence-electron chi connectivity index (χ2n) is 22.0. The maximum atomic E-state index is 5.56. The number of hydrogen-bond donors (Lipinski definition) is 0. The second-order valence-corrected chi connectivity index (χ2v) is 25.1. The minimum atomic E-state index is 0.658. The van der Waals surface area contributed by atoms with Crippen molar-refractivity contribution >= 4 is 160 Å². The number of fused-ring (bicyclic) bond motifs is 21. The van der Waals surface area contributed by atoms with E-state index in [0.717, 1.165) is 50.7 Å². The molecule has 7 aromatic heterocycles. The van der Waals surface area contributed by atoms with Crippen molar-refractivity contribution in [2.24, 2.45) is 0 Å². The van der Waals surface area contributed by atoms with E-state index in [2.05, 4.69) is 275 Å². The third kappa shape index (κ3) is 6.64. The predicted molar refractivity (Wildman–Crippen MR) is 360 cm³/mol. The molecule has 0 unspecified atom stereocenters. The number of hydrogen-bond acceptors (Lipinski definition) is 5. The molecule has 8 heteroatoms. The van der Waals surface area contributed by atoms with Crippen LogP contribution in [-0.2, 0) is 0 Å². The molecular formula is C76H43N5S3. The van der Waals surface area contributed by atoms with E-state index in [-0.39, 0.29) is 0 Å². The number of nitrogens with zero attached hydrogens (tertiary/aromatic N) is 5. The Balaban J connectivity index is 0.792. The summed E-state index contributed by atoms with van der Waals surface area (Å²) in [7, 11) is 0. The molecule has 390 valence electrons. The molecule has 0 aliphatic carbocycles. The van der Waals surface area contributed by atoms with Gasteiger partial charge in [0, 0.05) is 127 Å². The smallest absolute Gasteiger partial charge is 0.160 e. The highest BCUT2D eigenvalue weighted by molar-refractivity contribution is 7.27. The Labute approximate surface area is 492 Å². The van der Waals surface area contributed by atoms with Gasteiger partial charge < -0.3 is 13.7 Å². The predicted octanol–water partition coefficient (Wildman–Crippen LogP) is 21.9. The van der Waals surface area contributed by atoms with Gasteiger partial charge in [0.05, 0.1) is 44.5 Å². The zero-order valence-corrected chi connectivity index (χ0v) is 47.2. The number of aromatic nitrogens is 5. The van der Waals surface area contributed by atoms with E-state index in [1.54, 1.807) is 0 Å². The van der Waals surface area contributed by atoms with Crippen LogP contribution in [0.3, 0.4) is 0 Å². The van der Waals surface area contributed by atoms with E-state index in [1.807, 2.05) is 34.0 Å². The normalized spacial score (nSPS) is 12.3. The topological polar surface area (TPSA) is 40.6 Å². The molecule has 0 N–H and O–H groups in total. The SMILES string of the molecule is c1cc(-c2cc(-c3ccc(-n4c5ccccc5c5c6sc7ccccc7c6ccc54)cc3)nc(-c3cccc(-n4c5ccccc5c5c6sc7ccccc7c6ccc54)c3)n2)cc(-n2c3ccccc3c3c4sc5ccccc5c4ccc32)c1. The highest BCUT2D eigenvalue weighted by Crippen LogP contribution is 2.47. The lowest BCUT2D eigenvalue weighted by Gasteiger charge is -2.14. The van der Waals surface area contributed by atoms with E-state index >= 15 is 0 Å². The third-order valence-electron chi connectivity index (χ3n) is 17.5. The van der Waals surface area contributed by atoms with Crippen molar-refractivity contribution in [1.82, 2.24) is 23.7 Å². The number of para-hydroxylation sites is 3. The molecular weight excluding hydrogens is 1080 g/mol. The molecule has 19 aromatic rings. The summed E-state index contributed by atoms with van der Waals surface area (Å²) in [6.07, 6.45) is 0. The first-order valence-corrected chi connectivity index (χ1v) is 30.8. The first-order valence-electron chi connectivity index (χ1n) is 28.4. The van der Waals surface area contributed by atoms with Gasteiger partial charge in [-0.1, -0.05) is 164 Å². The summed E-state index contributed by atoms with van der Waals surface area (Å²) in [5.41, 5.74) is 14.9. The summed E-state index contributed by atoms with van der Waals surface area (Å²) in [6.45, 7) is 0. The van der Waals surface area contributed by atoms with Crippen LogP contribution in [-0.4, -0.2) is 23.7 Å². The molecule has 0 bridgehead atoms. The second kappa shape index (κ2) is 17.6. The summed E-state index contributed by atoms with van der Waals surface area (Å²) in [5.74, 6) is 0.658. The van der Waals surface area contributed by atoms with Crippen LogP contribution in [0.1, 0.15) is 0 Å². The molecule has 0 spiro atoms.